The Labute approximate surface area is 150 Å². The lowest BCUT2D eigenvalue weighted by Crippen LogP contribution is -1.87. The van der Waals surface area contributed by atoms with E-state index in [1.165, 1.54) is 21.9 Å². The summed E-state index contributed by atoms with van der Waals surface area (Å²) in [4.78, 5) is 10.9. The first-order valence-corrected chi connectivity index (χ1v) is 8.51. The molecule has 0 saturated heterocycles. The molecule has 2 N–H and O–H groups in total. The molecular formula is C22H17N3O. The number of ether oxygens (including phenoxy) is 1. The number of H-pyrrole nitrogens is 2. The average molecular weight is 339 g/mol. The van der Waals surface area contributed by atoms with Crippen molar-refractivity contribution in [1.29, 1.82) is 0 Å². The van der Waals surface area contributed by atoms with Gasteiger partial charge in [0.2, 0.25) is 5.88 Å². The summed E-state index contributed by atoms with van der Waals surface area (Å²) in [5.74, 6) is 0.622. The predicted molar refractivity (Wildman–Crippen MR) is 105 cm³/mol. The molecule has 0 aliphatic heterocycles. The third-order valence-corrected chi connectivity index (χ3v) is 4.82. The minimum Gasteiger partial charge on any atom is -0.481 e. The monoisotopic (exact) mass is 339 g/mol. The van der Waals surface area contributed by atoms with Gasteiger partial charge in [0.15, 0.2) is 0 Å². The van der Waals surface area contributed by atoms with E-state index in [1.54, 1.807) is 7.11 Å². The molecule has 3 aromatic heterocycles. The molecule has 0 amide bonds. The number of nitrogens with one attached hydrogen (secondary N) is 2. The van der Waals surface area contributed by atoms with E-state index in [9.17, 15) is 0 Å². The van der Waals surface area contributed by atoms with Crippen LogP contribution in [0.25, 0.3) is 44.1 Å². The number of hydrogen-bond donors (Lipinski definition) is 2. The topological polar surface area (TPSA) is 53.7 Å². The zero-order valence-corrected chi connectivity index (χ0v) is 14.3. The number of nitrogens with zero attached hydrogens (tertiary/aromatic N) is 1. The molecule has 0 spiro atoms. The molecule has 26 heavy (non-hydrogen) atoms. The molecule has 3 heterocycles. The van der Waals surface area contributed by atoms with Crippen LogP contribution in [-0.2, 0) is 0 Å². The fraction of sp³-hybridized carbons (Fsp3) is 0.0455. The highest BCUT2D eigenvalue weighted by molar-refractivity contribution is 5.99. The fourth-order valence-electron chi connectivity index (χ4n) is 3.43. The van der Waals surface area contributed by atoms with E-state index in [2.05, 4.69) is 63.6 Å². The number of methoxy groups -OCH3 is 1. The average Bonchev–Trinajstić information content (AvgIpc) is 3.33. The molecular weight excluding hydrogens is 322 g/mol. The summed E-state index contributed by atoms with van der Waals surface area (Å²) in [5.41, 5.74) is 6.88. The van der Waals surface area contributed by atoms with Crippen LogP contribution in [0.5, 0.6) is 5.88 Å². The van der Waals surface area contributed by atoms with Gasteiger partial charge in [-0.3, -0.25) is 0 Å². The Morgan fingerprint density at radius 2 is 1.65 bits per heavy atom. The van der Waals surface area contributed by atoms with Crippen LogP contribution in [0.4, 0.5) is 0 Å². The zero-order chi connectivity index (χ0) is 17.5. The highest BCUT2D eigenvalue weighted by atomic mass is 16.5. The van der Waals surface area contributed by atoms with Gasteiger partial charge in [-0.25, -0.2) is 4.98 Å². The SMILES string of the molecule is COc1ccc(-c2ccc3[nH]cc(-c4ccc5[nH]ccc5c4)c3c2)cn1. The smallest absolute Gasteiger partial charge is 0.212 e. The van der Waals surface area contributed by atoms with Crippen LogP contribution in [0.2, 0.25) is 0 Å². The first-order valence-electron chi connectivity index (χ1n) is 8.51. The van der Waals surface area contributed by atoms with Crippen molar-refractivity contribution in [2.24, 2.45) is 0 Å². The molecule has 0 radical (unpaired) electrons. The van der Waals surface area contributed by atoms with Gasteiger partial charge < -0.3 is 14.7 Å². The van der Waals surface area contributed by atoms with Gasteiger partial charge in [-0.05, 0) is 52.9 Å². The Bertz CT molecular complexity index is 1220. The van der Waals surface area contributed by atoms with Crippen molar-refractivity contribution in [2.75, 3.05) is 7.11 Å². The van der Waals surface area contributed by atoms with E-state index in [1.807, 2.05) is 24.5 Å². The quantitative estimate of drug-likeness (QED) is 0.463. The largest absolute Gasteiger partial charge is 0.481 e. The zero-order valence-electron chi connectivity index (χ0n) is 14.3. The van der Waals surface area contributed by atoms with Gasteiger partial charge in [-0.15, -0.1) is 0 Å². The molecule has 0 fully saturated rings. The summed E-state index contributed by atoms with van der Waals surface area (Å²) in [6.07, 6.45) is 5.89. The Kier molecular flexibility index (Phi) is 3.28. The fourth-order valence-corrected chi connectivity index (χ4v) is 3.43. The van der Waals surface area contributed by atoms with Crippen molar-refractivity contribution < 1.29 is 4.74 Å². The first kappa shape index (κ1) is 14.8. The van der Waals surface area contributed by atoms with Gasteiger partial charge in [0.25, 0.3) is 0 Å². The number of aromatic amines is 2. The Morgan fingerprint density at radius 3 is 2.50 bits per heavy atom. The molecule has 5 rings (SSSR count). The number of hydrogen-bond acceptors (Lipinski definition) is 2. The standard InChI is InChI=1S/C22H17N3O/c1-26-22-7-4-17(12-25-22)14-2-6-21-18(11-14)19(13-24-21)15-3-5-20-16(10-15)8-9-23-20/h2-13,23-24H,1H3. The van der Waals surface area contributed by atoms with Gasteiger partial charge in [0, 0.05) is 52.2 Å². The van der Waals surface area contributed by atoms with Crippen LogP contribution >= 0.6 is 0 Å². The highest BCUT2D eigenvalue weighted by Gasteiger charge is 2.09. The van der Waals surface area contributed by atoms with Crippen molar-refractivity contribution in [3.63, 3.8) is 0 Å². The number of benzene rings is 2. The Balaban J connectivity index is 1.64. The maximum absolute atomic E-state index is 5.15. The molecule has 4 heteroatoms. The van der Waals surface area contributed by atoms with E-state index in [-0.39, 0.29) is 0 Å². The van der Waals surface area contributed by atoms with E-state index in [4.69, 9.17) is 4.74 Å². The lowest BCUT2D eigenvalue weighted by molar-refractivity contribution is 0.398. The molecule has 0 saturated carbocycles. The maximum atomic E-state index is 5.15. The first-order chi connectivity index (χ1) is 12.8. The highest BCUT2D eigenvalue weighted by Crippen LogP contribution is 2.33. The van der Waals surface area contributed by atoms with Crippen LogP contribution in [0.3, 0.4) is 0 Å². The third-order valence-electron chi connectivity index (χ3n) is 4.82. The molecule has 2 aromatic carbocycles. The molecule has 0 atom stereocenters. The van der Waals surface area contributed by atoms with Gasteiger partial charge in [0.1, 0.15) is 0 Å². The van der Waals surface area contributed by atoms with E-state index >= 15 is 0 Å². The van der Waals surface area contributed by atoms with Crippen molar-refractivity contribution in [2.45, 2.75) is 0 Å². The Morgan fingerprint density at radius 1 is 0.808 bits per heavy atom. The van der Waals surface area contributed by atoms with Crippen molar-refractivity contribution in [3.05, 3.63) is 73.2 Å². The molecule has 5 aromatic rings. The lowest BCUT2D eigenvalue weighted by Gasteiger charge is -2.05. The summed E-state index contributed by atoms with van der Waals surface area (Å²) in [7, 11) is 1.63. The minimum atomic E-state index is 0.622. The number of pyridine rings is 1. The molecule has 0 bridgehead atoms. The summed E-state index contributed by atoms with van der Waals surface area (Å²) in [6, 6.07) is 19.0. The maximum Gasteiger partial charge on any atom is 0.212 e. The van der Waals surface area contributed by atoms with Crippen molar-refractivity contribution >= 4 is 21.8 Å². The second kappa shape index (κ2) is 5.77. The number of rotatable bonds is 3. The summed E-state index contributed by atoms with van der Waals surface area (Å²) < 4.78 is 5.15. The summed E-state index contributed by atoms with van der Waals surface area (Å²) in [6.45, 7) is 0. The second-order valence-corrected chi connectivity index (χ2v) is 6.33. The van der Waals surface area contributed by atoms with Crippen molar-refractivity contribution in [3.8, 4) is 28.1 Å². The van der Waals surface area contributed by atoms with Crippen LogP contribution in [0, 0.1) is 0 Å². The molecule has 0 aliphatic carbocycles. The Hall–Kier alpha value is -3.53. The number of fused-ring (bicyclic) bond motifs is 2. The van der Waals surface area contributed by atoms with Crippen LogP contribution in [0.15, 0.2) is 73.2 Å². The normalized spacial score (nSPS) is 11.3. The number of aromatic nitrogens is 3. The summed E-state index contributed by atoms with van der Waals surface area (Å²) >= 11 is 0. The molecule has 0 unspecified atom stereocenters. The second-order valence-electron chi connectivity index (χ2n) is 6.33. The van der Waals surface area contributed by atoms with Gasteiger partial charge in [-0.2, -0.15) is 0 Å². The van der Waals surface area contributed by atoms with E-state index in [0.29, 0.717) is 5.88 Å². The van der Waals surface area contributed by atoms with Gasteiger partial charge >= 0.3 is 0 Å². The summed E-state index contributed by atoms with van der Waals surface area (Å²) in [5, 5.41) is 2.42. The third kappa shape index (κ3) is 2.35. The molecule has 126 valence electrons. The predicted octanol–water partition coefficient (Wildman–Crippen LogP) is 5.39. The van der Waals surface area contributed by atoms with Gasteiger partial charge in [-0.1, -0.05) is 12.1 Å². The van der Waals surface area contributed by atoms with Crippen LogP contribution < -0.4 is 4.74 Å². The van der Waals surface area contributed by atoms with E-state index < -0.39 is 0 Å². The van der Waals surface area contributed by atoms with Crippen LogP contribution in [-0.4, -0.2) is 22.1 Å². The lowest BCUT2D eigenvalue weighted by atomic mass is 10.00. The van der Waals surface area contributed by atoms with E-state index in [0.717, 1.165) is 22.2 Å². The van der Waals surface area contributed by atoms with Crippen molar-refractivity contribution in [1.82, 2.24) is 15.0 Å². The minimum absolute atomic E-state index is 0.622. The van der Waals surface area contributed by atoms with Crippen LogP contribution in [0.1, 0.15) is 0 Å². The van der Waals surface area contributed by atoms with Gasteiger partial charge in [0.05, 0.1) is 7.11 Å². The molecule has 4 nitrogen and oxygen atoms in total. The molecule has 0 aliphatic rings.